The maximum absolute atomic E-state index is 12.0. The van der Waals surface area contributed by atoms with Crippen molar-refractivity contribution >= 4 is 17.7 Å². The highest BCUT2D eigenvalue weighted by Crippen LogP contribution is 2.09. The van der Waals surface area contributed by atoms with Gasteiger partial charge in [0.2, 0.25) is 17.7 Å². The van der Waals surface area contributed by atoms with E-state index in [2.05, 4.69) is 10.6 Å². The van der Waals surface area contributed by atoms with Crippen molar-refractivity contribution in [3.63, 3.8) is 0 Å². The number of hydrogen-bond donors (Lipinski definition) is 3. The average Bonchev–Trinajstić information content (AvgIpc) is 2.93. The molecule has 4 N–H and O–H groups in total. The van der Waals surface area contributed by atoms with Crippen molar-refractivity contribution in [1.29, 1.82) is 5.26 Å². The van der Waals surface area contributed by atoms with Crippen LogP contribution in [0.5, 0.6) is 0 Å². The molecule has 1 aromatic rings. The highest BCUT2D eigenvalue weighted by molar-refractivity contribution is 5.93. The fraction of sp³-hybridized carbons (Fsp3) is 0.333. The lowest BCUT2D eigenvalue weighted by molar-refractivity contribution is -0.129. The molecule has 0 aliphatic carbocycles. The zero-order chi connectivity index (χ0) is 16.1. The molecule has 2 atom stereocenters. The minimum atomic E-state index is -0.890. The molecule has 7 nitrogen and oxygen atoms in total. The van der Waals surface area contributed by atoms with Crippen LogP contribution in [0.2, 0.25) is 0 Å². The lowest BCUT2D eigenvalue weighted by Gasteiger charge is -2.18. The van der Waals surface area contributed by atoms with Crippen LogP contribution in [0, 0.1) is 11.3 Å². The Balaban J connectivity index is 2.03. The molecule has 2 rings (SSSR count). The van der Waals surface area contributed by atoms with Crippen LogP contribution in [0.15, 0.2) is 24.3 Å². The second kappa shape index (κ2) is 6.72. The molecule has 0 radical (unpaired) electrons. The van der Waals surface area contributed by atoms with Crippen molar-refractivity contribution in [3.8, 4) is 6.07 Å². The van der Waals surface area contributed by atoms with E-state index in [9.17, 15) is 14.4 Å². The Morgan fingerprint density at radius 1 is 1.50 bits per heavy atom. The summed E-state index contributed by atoms with van der Waals surface area (Å²) in [6, 6.07) is 7.23. The molecule has 1 aliphatic heterocycles. The molecule has 1 fully saturated rings. The van der Waals surface area contributed by atoms with Crippen LogP contribution in [0.3, 0.4) is 0 Å². The Morgan fingerprint density at radius 3 is 2.86 bits per heavy atom. The maximum Gasteiger partial charge on any atom is 0.243 e. The van der Waals surface area contributed by atoms with Gasteiger partial charge in [-0.15, -0.1) is 0 Å². The summed E-state index contributed by atoms with van der Waals surface area (Å²) in [6.07, 6.45) is 0.890. The number of nitriles is 1. The molecular weight excluding hydrogens is 284 g/mol. The van der Waals surface area contributed by atoms with Gasteiger partial charge in [-0.25, -0.2) is 0 Å². The van der Waals surface area contributed by atoms with E-state index in [1.165, 1.54) is 0 Å². The van der Waals surface area contributed by atoms with Gasteiger partial charge >= 0.3 is 0 Å². The van der Waals surface area contributed by atoms with Gasteiger partial charge in [-0.05, 0) is 24.1 Å². The minimum Gasteiger partial charge on any atom is -0.368 e. The van der Waals surface area contributed by atoms with Crippen molar-refractivity contribution in [1.82, 2.24) is 10.6 Å². The van der Waals surface area contributed by atoms with E-state index in [0.29, 0.717) is 18.4 Å². The fourth-order valence-electron chi connectivity index (χ4n) is 2.31. The molecule has 0 spiro atoms. The number of rotatable bonds is 5. The van der Waals surface area contributed by atoms with Crippen LogP contribution in [-0.2, 0) is 20.8 Å². The normalized spacial score (nSPS) is 18.1. The fourth-order valence-corrected chi connectivity index (χ4v) is 2.31. The average molecular weight is 300 g/mol. The minimum absolute atomic E-state index is 0.183. The van der Waals surface area contributed by atoms with Gasteiger partial charge in [0.15, 0.2) is 0 Å². The molecular formula is C15H16N4O3. The van der Waals surface area contributed by atoms with E-state index in [-0.39, 0.29) is 12.3 Å². The highest BCUT2D eigenvalue weighted by atomic mass is 16.2. The van der Waals surface area contributed by atoms with Crippen LogP contribution in [0.1, 0.15) is 24.0 Å². The van der Waals surface area contributed by atoms with E-state index in [0.717, 1.165) is 5.56 Å². The van der Waals surface area contributed by atoms with E-state index < -0.39 is 23.9 Å². The van der Waals surface area contributed by atoms with Gasteiger partial charge in [-0.3, -0.25) is 14.4 Å². The third-order valence-electron chi connectivity index (χ3n) is 3.47. The van der Waals surface area contributed by atoms with Crippen molar-refractivity contribution in [2.45, 2.75) is 31.3 Å². The zero-order valence-corrected chi connectivity index (χ0v) is 11.8. The number of hydrogen-bond acceptors (Lipinski definition) is 4. The summed E-state index contributed by atoms with van der Waals surface area (Å²) in [5.41, 5.74) is 6.51. The lowest BCUT2D eigenvalue weighted by Crippen LogP contribution is -2.51. The van der Waals surface area contributed by atoms with E-state index >= 15 is 0 Å². The highest BCUT2D eigenvalue weighted by Gasteiger charge is 2.29. The summed E-state index contributed by atoms with van der Waals surface area (Å²) in [7, 11) is 0. The number of carbonyl (C=O) groups is 3. The van der Waals surface area contributed by atoms with Crippen LogP contribution in [0.4, 0.5) is 0 Å². The SMILES string of the molecule is N#Cc1cccc(C[C@H](NC(=O)[C@@H]2CCC(=O)N2)C(N)=O)c1. The number of nitrogens with one attached hydrogen (secondary N) is 2. The molecule has 0 saturated carbocycles. The summed E-state index contributed by atoms with van der Waals surface area (Å²) in [5.74, 6) is -1.27. The first-order chi connectivity index (χ1) is 10.5. The summed E-state index contributed by atoms with van der Waals surface area (Å²) in [5, 5.41) is 14.0. The Morgan fingerprint density at radius 2 is 2.27 bits per heavy atom. The monoisotopic (exact) mass is 300 g/mol. The number of nitrogens with two attached hydrogens (primary N) is 1. The predicted octanol–water partition coefficient (Wildman–Crippen LogP) is -0.651. The van der Waals surface area contributed by atoms with E-state index in [1.807, 2.05) is 6.07 Å². The van der Waals surface area contributed by atoms with Crippen molar-refractivity contribution in [2.75, 3.05) is 0 Å². The molecule has 3 amide bonds. The molecule has 7 heteroatoms. The Bertz CT molecular complexity index is 650. The number of amides is 3. The predicted molar refractivity (Wildman–Crippen MR) is 77.2 cm³/mol. The number of primary amides is 1. The molecule has 1 aromatic carbocycles. The lowest BCUT2D eigenvalue weighted by atomic mass is 10.0. The summed E-state index contributed by atoms with van der Waals surface area (Å²) >= 11 is 0. The van der Waals surface area contributed by atoms with Crippen molar-refractivity contribution in [2.24, 2.45) is 5.73 Å². The first-order valence-electron chi connectivity index (χ1n) is 6.87. The van der Waals surface area contributed by atoms with Gasteiger partial charge in [-0.1, -0.05) is 12.1 Å². The molecule has 0 unspecified atom stereocenters. The third kappa shape index (κ3) is 3.82. The smallest absolute Gasteiger partial charge is 0.243 e. The summed E-state index contributed by atoms with van der Waals surface area (Å²) < 4.78 is 0. The van der Waals surface area contributed by atoms with Crippen molar-refractivity contribution < 1.29 is 14.4 Å². The number of nitrogens with zero attached hydrogens (tertiary/aromatic N) is 1. The maximum atomic E-state index is 12.0. The van der Waals surface area contributed by atoms with E-state index in [4.69, 9.17) is 11.0 Å². The van der Waals surface area contributed by atoms with Gasteiger partial charge in [0.1, 0.15) is 12.1 Å². The second-order valence-corrected chi connectivity index (χ2v) is 5.14. The molecule has 0 bridgehead atoms. The van der Waals surface area contributed by atoms with Crippen LogP contribution in [-0.4, -0.2) is 29.8 Å². The Labute approximate surface area is 127 Å². The van der Waals surface area contributed by atoms with Crippen molar-refractivity contribution in [3.05, 3.63) is 35.4 Å². The number of benzene rings is 1. The molecule has 1 aliphatic rings. The quantitative estimate of drug-likeness (QED) is 0.668. The van der Waals surface area contributed by atoms with Crippen LogP contribution in [0.25, 0.3) is 0 Å². The Kier molecular flexibility index (Phi) is 4.73. The third-order valence-corrected chi connectivity index (χ3v) is 3.47. The van der Waals surface area contributed by atoms with Gasteiger partial charge < -0.3 is 16.4 Å². The first kappa shape index (κ1) is 15.5. The summed E-state index contributed by atoms with van der Waals surface area (Å²) in [6.45, 7) is 0. The second-order valence-electron chi connectivity index (χ2n) is 5.14. The van der Waals surface area contributed by atoms with Crippen LogP contribution >= 0.6 is 0 Å². The first-order valence-corrected chi connectivity index (χ1v) is 6.87. The van der Waals surface area contributed by atoms with Gasteiger partial charge in [-0.2, -0.15) is 5.26 Å². The molecule has 0 aromatic heterocycles. The largest absolute Gasteiger partial charge is 0.368 e. The molecule has 114 valence electrons. The standard InChI is InChI=1S/C15H16N4O3/c16-8-10-3-1-2-9(6-10)7-12(14(17)21)19-15(22)11-4-5-13(20)18-11/h1-3,6,11-12H,4-5,7H2,(H2,17,21)(H,18,20)(H,19,22)/t11-,12-/m0/s1. The topological polar surface area (TPSA) is 125 Å². The van der Waals surface area contributed by atoms with Gasteiger partial charge in [0.25, 0.3) is 0 Å². The molecule has 1 heterocycles. The summed E-state index contributed by atoms with van der Waals surface area (Å²) in [4.78, 5) is 34.7. The van der Waals surface area contributed by atoms with Gasteiger partial charge in [0.05, 0.1) is 11.6 Å². The molecule has 22 heavy (non-hydrogen) atoms. The zero-order valence-electron chi connectivity index (χ0n) is 11.8. The number of carbonyl (C=O) groups excluding carboxylic acids is 3. The Hall–Kier alpha value is -2.88. The molecule has 1 saturated heterocycles. The van der Waals surface area contributed by atoms with E-state index in [1.54, 1.807) is 24.3 Å². The van der Waals surface area contributed by atoms with Crippen LogP contribution < -0.4 is 16.4 Å². The van der Waals surface area contributed by atoms with Gasteiger partial charge in [0, 0.05) is 12.8 Å².